The van der Waals surface area contributed by atoms with Crippen LogP contribution in [0.5, 0.6) is 0 Å². The van der Waals surface area contributed by atoms with Crippen LogP contribution in [0.25, 0.3) is 11.1 Å². The van der Waals surface area contributed by atoms with Gasteiger partial charge in [-0.1, -0.05) is 48.5 Å². The SMILES string of the molecule is NC(=O)c1cccc(Nc2ncc(-c3cccc(F)c3)cn2)c1[C@@H]1C[C@@H]1c1ccccc1. The molecule has 0 saturated heterocycles. The molecular weight excluding hydrogens is 403 g/mol. The molecule has 5 nitrogen and oxygen atoms in total. The van der Waals surface area contributed by atoms with Crippen molar-refractivity contribution in [2.45, 2.75) is 18.3 Å². The lowest BCUT2D eigenvalue weighted by Crippen LogP contribution is -2.15. The average Bonchev–Trinajstić information content (AvgIpc) is 3.60. The second kappa shape index (κ2) is 8.23. The van der Waals surface area contributed by atoms with Gasteiger partial charge in [-0.05, 0) is 59.2 Å². The molecule has 1 heterocycles. The molecule has 1 aliphatic carbocycles. The van der Waals surface area contributed by atoms with E-state index in [0.717, 1.165) is 17.7 Å². The van der Waals surface area contributed by atoms with E-state index >= 15 is 0 Å². The monoisotopic (exact) mass is 424 g/mol. The Morgan fingerprint density at radius 1 is 0.906 bits per heavy atom. The molecule has 0 spiro atoms. The number of benzene rings is 3. The van der Waals surface area contributed by atoms with Crippen LogP contribution in [0.15, 0.2) is 85.2 Å². The standard InChI is InChI=1S/C26H21FN4O/c27-19-9-4-8-17(12-19)18-14-29-26(30-15-18)31-23-11-5-10-20(25(28)32)24(23)22-13-21(22)16-6-2-1-3-7-16/h1-12,14-15,21-22H,13H2,(H2,28,32)(H,29,30,31)/t21-,22-/m1/s1. The minimum absolute atomic E-state index is 0.190. The van der Waals surface area contributed by atoms with E-state index in [4.69, 9.17) is 5.73 Å². The number of hydrogen-bond donors (Lipinski definition) is 2. The smallest absolute Gasteiger partial charge is 0.249 e. The summed E-state index contributed by atoms with van der Waals surface area (Å²) < 4.78 is 13.5. The Morgan fingerprint density at radius 3 is 2.38 bits per heavy atom. The highest BCUT2D eigenvalue weighted by molar-refractivity contribution is 5.96. The molecule has 0 aliphatic heterocycles. The van der Waals surface area contributed by atoms with Gasteiger partial charge < -0.3 is 11.1 Å². The fourth-order valence-electron chi connectivity index (χ4n) is 4.20. The second-order valence-electron chi connectivity index (χ2n) is 7.92. The molecule has 1 amide bonds. The van der Waals surface area contributed by atoms with Gasteiger partial charge in [0.2, 0.25) is 11.9 Å². The maximum absolute atomic E-state index is 13.5. The average molecular weight is 424 g/mol. The molecule has 1 aromatic heterocycles. The van der Waals surface area contributed by atoms with Crippen LogP contribution in [0, 0.1) is 5.82 Å². The van der Waals surface area contributed by atoms with Crippen molar-refractivity contribution in [1.29, 1.82) is 0 Å². The van der Waals surface area contributed by atoms with Gasteiger partial charge in [-0.2, -0.15) is 0 Å². The molecule has 1 aliphatic rings. The predicted octanol–water partition coefficient (Wildman–Crippen LogP) is 5.40. The largest absolute Gasteiger partial charge is 0.366 e. The number of carbonyl (C=O) groups excluding carboxylic acids is 1. The summed E-state index contributed by atoms with van der Waals surface area (Å²) in [5, 5.41) is 3.25. The zero-order valence-electron chi connectivity index (χ0n) is 17.2. The summed E-state index contributed by atoms with van der Waals surface area (Å²) in [5.41, 5.74) is 10.5. The van der Waals surface area contributed by atoms with Crippen LogP contribution in [0.3, 0.4) is 0 Å². The van der Waals surface area contributed by atoms with Crippen molar-refractivity contribution in [3.8, 4) is 11.1 Å². The van der Waals surface area contributed by atoms with E-state index in [1.807, 2.05) is 24.3 Å². The van der Waals surface area contributed by atoms with Crippen LogP contribution in [0.2, 0.25) is 0 Å². The lowest BCUT2D eigenvalue weighted by molar-refractivity contribution is 0.0999. The number of amides is 1. The van der Waals surface area contributed by atoms with Crippen LogP contribution in [0.1, 0.15) is 39.7 Å². The van der Waals surface area contributed by atoms with E-state index < -0.39 is 5.91 Å². The van der Waals surface area contributed by atoms with Crippen molar-refractivity contribution >= 4 is 17.5 Å². The first-order valence-electron chi connectivity index (χ1n) is 10.4. The summed E-state index contributed by atoms with van der Waals surface area (Å²) in [5.74, 6) is 0.161. The van der Waals surface area contributed by atoms with E-state index in [2.05, 4.69) is 27.4 Å². The van der Waals surface area contributed by atoms with Crippen molar-refractivity contribution < 1.29 is 9.18 Å². The number of anilines is 2. The van der Waals surface area contributed by atoms with Crippen molar-refractivity contribution in [2.24, 2.45) is 5.73 Å². The number of nitrogens with two attached hydrogens (primary N) is 1. The third-order valence-electron chi connectivity index (χ3n) is 5.82. The molecule has 1 saturated carbocycles. The highest BCUT2D eigenvalue weighted by Gasteiger charge is 2.42. The van der Waals surface area contributed by atoms with Crippen molar-refractivity contribution in [1.82, 2.24) is 9.97 Å². The number of rotatable bonds is 6. The molecule has 32 heavy (non-hydrogen) atoms. The first-order valence-corrected chi connectivity index (χ1v) is 10.4. The van der Waals surface area contributed by atoms with Crippen LogP contribution in [0.4, 0.5) is 16.0 Å². The van der Waals surface area contributed by atoms with Gasteiger partial charge in [0.1, 0.15) is 5.82 Å². The van der Waals surface area contributed by atoms with Crippen LogP contribution in [-0.2, 0) is 0 Å². The number of halogens is 1. The Kier molecular flexibility index (Phi) is 5.11. The summed E-state index contributed by atoms with van der Waals surface area (Å²) in [4.78, 5) is 20.9. The molecule has 3 aromatic carbocycles. The minimum Gasteiger partial charge on any atom is -0.366 e. The van der Waals surface area contributed by atoms with Gasteiger partial charge in [0.25, 0.3) is 0 Å². The number of nitrogens with zero attached hydrogens (tertiary/aromatic N) is 2. The quantitative estimate of drug-likeness (QED) is 0.434. The maximum Gasteiger partial charge on any atom is 0.249 e. The normalized spacial score (nSPS) is 17.0. The van der Waals surface area contributed by atoms with Crippen LogP contribution in [-0.4, -0.2) is 15.9 Å². The molecule has 1 fully saturated rings. The molecule has 2 atom stereocenters. The molecule has 3 N–H and O–H groups in total. The van der Waals surface area contributed by atoms with E-state index in [1.54, 1.807) is 36.7 Å². The molecule has 158 valence electrons. The number of aromatic nitrogens is 2. The van der Waals surface area contributed by atoms with E-state index in [9.17, 15) is 9.18 Å². The predicted molar refractivity (Wildman–Crippen MR) is 122 cm³/mol. The zero-order chi connectivity index (χ0) is 22.1. The summed E-state index contributed by atoms with van der Waals surface area (Å²) in [6.07, 6.45) is 4.24. The Bertz CT molecular complexity index is 1270. The Morgan fingerprint density at radius 2 is 1.66 bits per heavy atom. The van der Waals surface area contributed by atoms with Gasteiger partial charge in [-0.15, -0.1) is 0 Å². The second-order valence-corrected chi connectivity index (χ2v) is 7.92. The van der Waals surface area contributed by atoms with E-state index in [-0.39, 0.29) is 11.7 Å². The third kappa shape index (κ3) is 3.95. The fourth-order valence-corrected chi connectivity index (χ4v) is 4.20. The lowest BCUT2D eigenvalue weighted by Gasteiger charge is -2.15. The maximum atomic E-state index is 13.5. The fraction of sp³-hybridized carbons (Fsp3) is 0.115. The summed E-state index contributed by atoms with van der Waals surface area (Å²) >= 11 is 0. The van der Waals surface area contributed by atoms with E-state index in [0.29, 0.717) is 28.6 Å². The van der Waals surface area contributed by atoms with Gasteiger partial charge in [-0.3, -0.25) is 4.79 Å². The summed E-state index contributed by atoms with van der Waals surface area (Å²) in [6, 6.07) is 22.0. The molecule has 0 unspecified atom stereocenters. The Hall–Kier alpha value is -4.06. The molecular formula is C26H21FN4O. The van der Waals surface area contributed by atoms with E-state index in [1.165, 1.54) is 17.7 Å². The lowest BCUT2D eigenvalue weighted by atomic mass is 9.97. The number of carbonyl (C=O) groups is 1. The summed E-state index contributed by atoms with van der Waals surface area (Å²) in [7, 11) is 0. The molecule has 5 rings (SSSR count). The number of nitrogens with one attached hydrogen (secondary N) is 1. The minimum atomic E-state index is -0.454. The van der Waals surface area contributed by atoms with Gasteiger partial charge in [0.05, 0.1) is 0 Å². The van der Waals surface area contributed by atoms with Crippen LogP contribution >= 0.6 is 0 Å². The zero-order valence-corrected chi connectivity index (χ0v) is 17.2. The van der Waals surface area contributed by atoms with Crippen LogP contribution < -0.4 is 11.1 Å². The summed E-state index contributed by atoms with van der Waals surface area (Å²) in [6.45, 7) is 0. The topological polar surface area (TPSA) is 80.9 Å². The third-order valence-corrected chi connectivity index (χ3v) is 5.82. The Labute approximate surface area is 185 Å². The number of primary amides is 1. The first kappa shape index (κ1) is 19.9. The van der Waals surface area contributed by atoms with Gasteiger partial charge in [-0.25, -0.2) is 14.4 Å². The van der Waals surface area contributed by atoms with Gasteiger partial charge in [0, 0.05) is 29.2 Å². The Balaban J connectivity index is 1.44. The molecule has 4 aromatic rings. The molecule has 0 radical (unpaired) electrons. The number of hydrogen-bond acceptors (Lipinski definition) is 4. The highest BCUT2D eigenvalue weighted by atomic mass is 19.1. The van der Waals surface area contributed by atoms with Gasteiger partial charge >= 0.3 is 0 Å². The van der Waals surface area contributed by atoms with Crippen molar-refractivity contribution in [3.05, 3.63) is 108 Å². The highest BCUT2D eigenvalue weighted by Crippen LogP contribution is 2.57. The molecule has 6 heteroatoms. The molecule has 0 bridgehead atoms. The van der Waals surface area contributed by atoms with Crippen molar-refractivity contribution in [2.75, 3.05) is 5.32 Å². The first-order chi connectivity index (χ1) is 15.6. The van der Waals surface area contributed by atoms with Gasteiger partial charge in [0.15, 0.2) is 0 Å². The van der Waals surface area contributed by atoms with Crippen molar-refractivity contribution in [3.63, 3.8) is 0 Å².